The van der Waals surface area contributed by atoms with Gasteiger partial charge in [-0.15, -0.1) is 0 Å². The second-order valence-corrected chi connectivity index (χ2v) is 3.99. The molecule has 0 aromatic heterocycles. The highest BCUT2D eigenvalue weighted by Crippen LogP contribution is 2.20. The standard InChI is InChI=1S/C10H19NO2/c1-11(2)8-10(12)13-9-6-4-3-5-7-9/h9H,3-8H2,1-2H3. The number of likely N-dealkylation sites (N-methyl/N-ethyl adjacent to an activating group) is 1. The van der Waals surface area contributed by atoms with Gasteiger partial charge in [0.05, 0.1) is 6.54 Å². The van der Waals surface area contributed by atoms with Crippen LogP contribution < -0.4 is 0 Å². The molecule has 13 heavy (non-hydrogen) atoms. The fraction of sp³-hybridized carbons (Fsp3) is 0.900. The number of hydrogen-bond donors (Lipinski definition) is 0. The van der Waals surface area contributed by atoms with Gasteiger partial charge in [-0.25, -0.2) is 0 Å². The average molecular weight is 185 g/mol. The molecule has 1 rings (SSSR count). The molecule has 0 unspecified atom stereocenters. The van der Waals surface area contributed by atoms with Crippen LogP contribution in [-0.4, -0.2) is 37.6 Å². The maximum absolute atomic E-state index is 11.3. The second-order valence-electron chi connectivity index (χ2n) is 3.99. The number of esters is 1. The molecule has 76 valence electrons. The van der Waals surface area contributed by atoms with Crippen LogP contribution in [0.1, 0.15) is 32.1 Å². The van der Waals surface area contributed by atoms with Gasteiger partial charge in [-0.05, 0) is 39.8 Å². The highest BCUT2D eigenvalue weighted by Gasteiger charge is 2.17. The van der Waals surface area contributed by atoms with Gasteiger partial charge in [0.1, 0.15) is 6.10 Å². The molecule has 0 saturated heterocycles. The van der Waals surface area contributed by atoms with Crippen molar-refractivity contribution in [1.82, 2.24) is 4.90 Å². The van der Waals surface area contributed by atoms with Crippen molar-refractivity contribution in [2.45, 2.75) is 38.2 Å². The lowest BCUT2D eigenvalue weighted by Gasteiger charge is -2.22. The summed E-state index contributed by atoms with van der Waals surface area (Å²) in [6, 6.07) is 0. The van der Waals surface area contributed by atoms with E-state index in [4.69, 9.17) is 4.74 Å². The molecule has 1 fully saturated rings. The minimum atomic E-state index is -0.0862. The molecule has 3 nitrogen and oxygen atoms in total. The van der Waals surface area contributed by atoms with Gasteiger partial charge in [0.25, 0.3) is 0 Å². The third-order valence-electron chi connectivity index (χ3n) is 2.30. The first-order chi connectivity index (χ1) is 6.18. The van der Waals surface area contributed by atoms with E-state index in [9.17, 15) is 4.79 Å². The summed E-state index contributed by atoms with van der Waals surface area (Å²) in [4.78, 5) is 13.1. The Balaban J connectivity index is 2.18. The van der Waals surface area contributed by atoms with Crippen molar-refractivity contribution < 1.29 is 9.53 Å². The van der Waals surface area contributed by atoms with Gasteiger partial charge in [0.15, 0.2) is 0 Å². The molecule has 0 N–H and O–H groups in total. The highest BCUT2D eigenvalue weighted by atomic mass is 16.5. The van der Waals surface area contributed by atoms with E-state index in [1.54, 1.807) is 0 Å². The Morgan fingerprint density at radius 3 is 2.46 bits per heavy atom. The Labute approximate surface area is 80.1 Å². The molecular formula is C10H19NO2. The van der Waals surface area contributed by atoms with E-state index in [1.165, 1.54) is 19.3 Å². The lowest BCUT2D eigenvalue weighted by Crippen LogP contribution is -2.28. The number of carbonyl (C=O) groups excluding carboxylic acids is 1. The zero-order chi connectivity index (χ0) is 9.68. The fourth-order valence-electron chi connectivity index (χ4n) is 1.66. The van der Waals surface area contributed by atoms with E-state index in [0.29, 0.717) is 6.54 Å². The van der Waals surface area contributed by atoms with Gasteiger partial charge in [-0.1, -0.05) is 6.42 Å². The van der Waals surface area contributed by atoms with E-state index in [-0.39, 0.29) is 12.1 Å². The first-order valence-electron chi connectivity index (χ1n) is 5.02. The smallest absolute Gasteiger partial charge is 0.320 e. The molecule has 0 aromatic rings. The van der Waals surface area contributed by atoms with Crippen molar-refractivity contribution in [2.24, 2.45) is 0 Å². The first kappa shape index (κ1) is 10.5. The quantitative estimate of drug-likeness (QED) is 0.623. The molecule has 0 aliphatic heterocycles. The second kappa shape index (κ2) is 5.22. The van der Waals surface area contributed by atoms with Crippen molar-refractivity contribution in [3.8, 4) is 0 Å². The summed E-state index contributed by atoms with van der Waals surface area (Å²) in [5, 5.41) is 0. The summed E-state index contributed by atoms with van der Waals surface area (Å²) in [7, 11) is 3.75. The molecule has 0 aromatic carbocycles. The number of ether oxygens (including phenoxy) is 1. The third kappa shape index (κ3) is 4.27. The van der Waals surface area contributed by atoms with E-state index >= 15 is 0 Å². The zero-order valence-electron chi connectivity index (χ0n) is 8.58. The van der Waals surface area contributed by atoms with Gasteiger partial charge in [-0.3, -0.25) is 9.69 Å². The van der Waals surface area contributed by atoms with Crippen molar-refractivity contribution in [3.63, 3.8) is 0 Å². The van der Waals surface area contributed by atoms with Gasteiger partial charge in [0.2, 0.25) is 0 Å². The summed E-state index contributed by atoms with van der Waals surface area (Å²) in [6.07, 6.45) is 6.01. The molecule has 3 heteroatoms. The maximum Gasteiger partial charge on any atom is 0.320 e. The number of carbonyl (C=O) groups is 1. The van der Waals surface area contributed by atoms with Crippen molar-refractivity contribution in [2.75, 3.05) is 20.6 Å². The van der Waals surface area contributed by atoms with Gasteiger partial charge >= 0.3 is 5.97 Å². The van der Waals surface area contributed by atoms with Crippen LogP contribution in [0, 0.1) is 0 Å². The Bertz CT molecular complexity index is 162. The van der Waals surface area contributed by atoms with Gasteiger partial charge in [-0.2, -0.15) is 0 Å². The molecule has 0 heterocycles. The Morgan fingerprint density at radius 1 is 1.31 bits per heavy atom. The van der Waals surface area contributed by atoms with Crippen LogP contribution in [0.5, 0.6) is 0 Å². The number of rotatable bonds is 3. The largest absolute Gasteiger partial charge is 0.461 e. The van der Waals surface area contributed by atoms with Gasteiger partial charge < -0.3 is 4.74 Å². The van der Waals surface area contributed by atoms with E-state index in [0.717, 1.165) is 12.8 Å². The fourth-order valence-corrected chi connectivity index (χ4v) is 1.66. The first-order valence-corrected chi connectivity index (χ1v) is 5.02. The monoisotopic (exact) mass is 185 g/mol. The summed E-state index contributed by atoms with van der Waals surface area (Å²) >= 11 is 0. The van der Waals surface area contributed by atoms with Crippen LogP contribution in [0.4, 0.5) is 0 Å². The molecule has 0 spiro atoms. The minimum Gasteiger partial charge on any atom is -0.461 e. The topological polar surface area (TPSA) is 29.5 Å². The van der Waals surface area contributed by atoms with Crippen molar-refractivity contribution in [1.29, 1.82) is 0 Å². The van der Waals surface area contributed by atoms with Crippen LogP contribution in [0.3, 0.4) is 0 Å². The van der Waals surface area contributed by atoms with Crippen LogP contribution in [0.2, 0.25) is 0 Å². The Hall–Kier alpha value is -0.570. The molecular weight excluding hydrogens is 166 g/mol. The molecule has 1 saturated carbocycles. The third-order valence-corrected chi connectivity index (χ3v) is 2.30. The van der Waals surface area contributed by atoms with Crippen molar-refractivity contribution >= 4 is 5.97 Å². The SMILES string of the molecule is CN(C)CC(=O)OC1CCCCC1. The minimum absolute atomic E-state index is 0.0862. The Morgan fingerprint density at radius 2 is 1.92 bits per heavy atom. The Kier molecular flexibility index (Phi) is 4.22. The van der Waals surface area contributed by atoms with E-state index in [2.05, 4.69) is 0 Å². The van der Waals surface area contributed by atoms with Gasteiger partial charge in [0, 0.05) is 0 Å². The molecule has 1 aliphatic carbocycles. The summed E-state index contributed by atoms with van der Waals surface area (Å²) < 4.78 is 5.32. The summed E-state index contributed by atoms with van der Waals surface area (Å²) in [6.45, 7) is 0.399. The molecule has 1 aliphatic rings. The summed E-state index contributed by atoms with van der Waals surface area (Å²) in [5.41, 5.74) is 0. The number of nitrogens with zero attached hydrogens (tertiary/aromatic N) is 1. The van der Waals surface area contributed by atoms with Crippen LogP contribution in [-0.2, 0) is 9.53 Å². The maximum atomic E-state index is 11.3. The molecule has 0 atom stereocenters. The van der Waals surface area contributed by atoms with E-state index in [1.807, 2.05) is 19.0 Å². The van der Waals surface area contributed by atoms with E-state index < -0.39 is 0 Å². The molecule has 0 amide bonds. The van der Waals surface area contributed by atoms with Crippen LogP contribution in [0.25, 0.3) is 0 Å². The van der Waals surface area contributed by atoms with Crippen LogP contribution >= 0.6 is 0 Å². The summed E-state index contributed by atoms with van der Waals surface area (Å²) in [5.74, 6) is -0.0862. The van der Waals surface area contributed by atoms with Crippen molar-refractivity contribution in [3.05, 3.63) is 0 Å². The lowest BCUT2D eigenvalue weighted by molar-refractivity contribution is -0.151. The average Bonchev–Trinajstić information content (AvgIpc) is 2.04. The van der Waals surface area contributed by atoms with Crippen LogP contribution in [0.15, 0.2) is 0 Å². The molecule has 0 bridgehead atoms. The lowest BCUT2D eigenvalue weighted by atomic mass is 9.98. The number of hydrogen-bond acceptors (Lipinski definition) is 3. The molecule has 0 radical (unpaired) electrons. The zero-order valence-corrected chi connectivity index (χ0v) is 8.58. The normalized spacial score (nSPS) is 19.0. The highest BCUT2D eigenvalue weighted by molar-refractivity contribution is 5.71. The predicted octanol–water partition coefficient (Wildman–Crippen LogP) is 1.42. The predicted molar refractivity (Wildman–Crippen MR) is 51.5 cm³/mol.